The quantitative estimate of drug-likeness (QED) is 0.546. The first-order valence-electron chi connectivity index (χ1n) is 9.87. The molecule has 3 rings (SSSR count). The van der Waals surface area contributed by atoms with Crippen molar-refractivity contribution in [3.8, 4) is 11.9 Å². The van der Waals surface area contributed by atoms with Gasteiger partial charge in [-0.2, -0.15) is 23.5 Å². The Morgan fingerprint density at radius 3 is 2.50 bits per heavy atom. The SMILES string of the molecule is Cc1cc(C#N)cc(C(=O)NC(C)C)c1NC(=O)c1cc(C(F)(F)F)nn1-c1ncccc1Cl. The predicted molar refractivity (Wildman–Crippen MR) is 118 cm³/mol. The number of carbonyl (C=O) groups is 2. The van der Waals surface area contributed by atoms with Gasteiger partial charge in [0.05, 0.1) is 27.9 Å². The monoisotopic (exact) mass is 490 g/mol. The van der Waals surface area contributed by atoms with Crippen LogP contribution in [0.5, 0.6) is 0 Å². The third-order valence-corrected chi connectivity index (χ3v) is 4.83. The molecule has 3 aromatic rings. The fourth-order valence-electron chi connectivity index (χ4n) is 3.09. The second kappa shape index (κ2) is 9.52. The van der Waals surface area contributed by atoms with Crippen LogP contribution in [0.15, 0.2) is 36.5 Å². The minimum Gasteiger partial charge on any atom is -0.350 e. The molecule has 0 atom stereocenters. The van der Waals surface area contributed by atoms with Crippen LogP contribution in [0.2, 0.25) is 5.02 Å². The maximum Gasteiger partial charge on any atom is 0.435 e. The van der Waals surface area contributed by atoms with Crippen LogP contribution in [0.25, 0.3) is 5.82 Å². The minimum atomic E-state index is -4.84. The smallest absolute Gasteiger partial charge is 0.350 e. The number of hydrogen-bond acceptors (Lipinski definition) is 5. The highest BCUT2D eigenvalue weighted by Crippen LogP contribution is 2.31. The van der Waals surface area contributed by atoms with Gasteiger partial charge in [-0.05, 0) is 50.6 Å². The Morgan fingerprint density at radius 1 is 1.21 bits per heavy atom. The topological polar surface area (TPSA) is 113 Å². The summed E-state index contributed by atoms with van der Waals surface area (Å²) in [6.07, 6.45) is -3.55. The molecule has 2 aromatic heterocycles. The van der Waals surface area contributed by atoms with E-state index in [-0.39, 0.29) is 33.7 Å². The molecule has 0 spiro atoms. The van der Waals surface area contributed by atoms with Crippen molar-refractivity contribution in [2.24, 2.45) is 0 Å². The molecule has 0 radical (unpaired) electrons. The number of benzene rings is 1. The lowest BCUT2D eigenvalue weighted by atomic mass is 10.0. The van der Waals surface area contributed by atoms with Crippen LogP contribution in [0.4, 0.5) is 18.9 Å². The predicted octanol–water partition coefficient (Wildman–Crippen LogP) is 4.51. The highest BCUT2D eigenvalue weighted by molar-refractivity contribution is 6.32. The number of rotatable bonds is 5. The van der Waals surface area contributed by atoms with Crippen molar-refractivity contribution in [3.05, 3.63) is 69.6 Å². The lowest BCUT2D eigenvalue weighted by Crippen LogP contribution is -2.31. The minimum absolute atomic E-state index is 0.0171. The molecule has 0 aliphatic heterocycles. The largest absolute Gasteiger partial charge is 0.435 e. The number of alkyl halides is 3. The maximum absolute atomic E-state index is 13.4. The van der Waals surface area contributed by atoms with Crippen molar-refractivity contribution < 1.29 is 22.8 Å². The molecule has 176 valence electrons. The summed E-state index contributed by atoms with van der Waals surface area (Å²) in [7, 11) is 0. The van der Waals surface area contributed by atoms with Gasteiger partial charge in [-0.25, -0.2) is 9.67 Å². The lowest BCUT2D eigenvalue weighted by Gasteiger charge is -2.16. The molecular formula is C22H18ClF3N6O2. The second-order valence-corrected chi connectivity index (χ2v) is 7.95. The molecule has 12 heteroatoms. The molecule has 34 heavy (non-hydrogen) atoms. The number of nitriles is 1. The van der Waals surface area contributed by atoms with E-state index in [0.29, 0.717) is 16.3 Å². The zero-order valence-corrected chi connectivity index (χ0v) is 18.9. The van der Waals surface area contributed by atoms with E-state index in [0.717, 1.165) is 0 Å². The summed E-state index contributed by atoms with van der Waals surface area (Å²) in [5, 5.41) is 17.9. The van der Waals surface area contributed by atoms with Gasteiger partial charge in [0, 0.05) is 18.3 Å². The van der Waals surface area contributed by atoms with Crippen LogP contribution >= 0.6 is 11.6 Å². The van der Waals surface area contributed by atoms with Crippen molar-refractivity contribution in [3.63, 3.8) is 0 Å². The summed E-state index contributed by atoms with van der Waals surface area (Å²) >= 11 is 6.07. The molecule has 2 heterocycles. The maximum atomic E-state index is 13.4. The molecule has 0 bridgehead atoms. The molecule has 1 aromatic carbocycles. The molecule has 0 unspecified atom stereocenters. The van der Waals surface area contributed by atoms with Gasteiger partial charge < -0.3 is 10.6 Å². The van der Waals surface area contributed by atoms with Crippen molar-refractivity contribution in [2.75, 3.05) is 5.32 Å². The molecule has 2 N–H and O–H groups in total. The van der Waals surface area contributed by atoms with E-state index in [2.05, 4.69) is 20.7 Å². The Balaban J connectivity index is 2.12. The lowest BCUT2D eigenvalue weighted by molar-refractivity contribution is -0.141. The standard InChI is InChI=1S/C22H18ClF3N6O2/c1-11(2)29-20(33)14-8-13(10-27)7-12(3)18(14)30-21(34)16-9-17(22(24,25)26)31-32(16)19-15(23)5-4-6-28-19/h4-9,11H,1-3H3,(H,29,33)(H,30,34). The third-order valence-electron chi connectivity index (χ3n) is 4.54. The van der Waals surface area contributed by atoms with Crippen LogP contribution in [0.3, 0.4) is 0 Å². The summed E-state index contributed by atoms with van der Waals surface area (Å²) in [6, 6.07) is 7.83. The Labute approximate surface area is 197 Å². The normalized spacial score (nSPS) is 11.3. The number of aromatic nitrogens is 3. The average molecular weight is 491 g/mol. The highest BCUT2D eigenvalue weighted by Gasteiger charge is 2.37. The Hall–Kier alpha value is -3.91. The third kappa shape index (κ3) is 5.18. The van der Waals surface area contributed by atoms with Gasteiger partial charge in [0.15, 0.2) is 11.5 Å². The number of anilines is 1. The molecule has 2 amide bonds. The van der Waals surface area contributed by atoms with Crippen molar-refractivity contribution in [1.82, 2.24) is 20.1 Å². The van der Waals surface area contributed by atoms with Gasteiger partial charge in [-0.1, -0.05) is 11.6 Å². The molecule has 8 nitrogen and oxygen atoms in total. The molecule has 0 aliphatic rings. The van der Waals surface area contributed by atoms with Gasteiger partial charge in [0.2, 0.25) is 0 Å². The van der Waals surface area contributed by atoms with Gasteiger partial charge in [0.1, 0.15) is 5.69 Å². The fourth-order valence-corrected chi connectivity index (χ4v) is 3.29. The summed E-state index contributed by atoms with van der Waals surface area (Å²) in [4.78, 5) is 29.8. The number of halogens is 4. The number of nitrogens with one attached hydrogen (secondary N) is 2. The van der Waals surface area contributed by atoms with Crippen LogP contribution in [-0.4, -0.2) is 32.6 Å². The first-order chi connectivity index (χ1) is 15.9. The summed E-state index contributed by atoms with van der Waals surface area (Å²) in [5.74, 6) is -1.74. The average Bonchev–Trinajstić information content (AvgIpc) is 3.20. The van der Waals surface area contributed by atoms with E-state index < -0.39 is 29.4 Å². The summed E-state index contributed by atoms with van der Waals surface area (Å²) < 4.78 is 40.8. The van der Waals surface area contributed by atoms with E-state index in [1.165, 1.54) is 30.5 Å². The molecule has 0 fully saturated rings. The van der Waals surface area contributed by atoms with Crippen molar-refractivity contribution in [1.29, 1.82) is 5.26 Å². The number of aryl methyl sites for hydroxylation is 1. The fraction of sp³-hybridized carbons (Fsp3) is 0.227. The number of nitrogens with zero attached hydrogens (tertiary/aromatic N) is 4. The Kier molecular flexibility index (Phi) is 6.93. The molecule has 0 saturated heterocycles. The Bertz CT molecular complexity index is 1310. The van der Waals surface area contributed by atoms with Gasteiger partial charge in [-0.15, -0.1) is 0 Å². The molecule has 0 aliphatic carbocycles. The number of hydrogen-bond donors (Lipinski definition) is 2. The number of pyridine rings is 1. The highest BCUT2D eigenvalue weighted by atomic mass is 35.5. The van der Waals surface area contributed by atoms with Crippen LogP contribution < -0.4 is 10.6 Å². The zero-order chi connectivity index (χ0) is 25.2. The van der Waals surface area contributed by atoms with E-state index in [1.54, 1.807) is 20.8 Å². The molecule has 0 saturated carbocycles. The molecular weight excluding hydrogens is 473 g/mol. The van der Waals surface area contributed by atoms with Crippen LogP contribution in [0.1, 0.15) is 51.5 Å². The van der Waals surface area contributed by atoms with Crippen LogP contribution in [-0.2, 0) is 6.18 Å². The van der Waals surface area contributed by atoms with E-state index in [1.807, 2.05) is 6.07 Å². The Morgan fingerprint density at radius 2 is 1.91 bits per heavy atom. The van der Waals surface area contributed by atoms with E-state index in [9.17, 15) is 28.0 Å². The second-order valence-electron chi connectivity index (χ2n) is 7.54. The zero-order valence-electron chi connectivity index (χ0n) is 18.2. The van der Waals surface area contributed by atoms with E-state index in [4.69, 9.17) is 11.6 Å². The number of carbonyl (C=O) groups excluding carboxylic acids is 2. The van der Waals surface area contributed by atoms with Crippen LogP contribution in [0, 0.1) is 18.3 Å². The van der Waals surface area contributed by atoms with Crippen molar-refractivity contribution in [2.45, 2.75) is 33.0 Å². The van der Waals surface area contributed by atoms with Gasteiger partial charge >= 0.3 is 6.18 Å². The van der Waals surface area contributed by atoms with Gasteiger partial charge in [0.25, 0.3) is 11.8 Å². The van der Waals surface area contributed by atoms with E-state index >= 15 is 0 Å². The van der Waals surface area contributed by atoms with Crippen molar-refractivity contribution >= 4 is 29.1 Å². The summed E-state index contributed by atoms with van der Waals surface area (Å²) in [5.41, 5.74) is -1.28. The number of amides is 2. The summed E-state index contributed by atoms with van der Waals surface area (Å²) in [6.45, 7) is 5.01. The first kappa shape index (κ1) is 24.7. The van der Waals surface area contributed by atoms with Gasteiger partial charge in [-0.3, -0.25) is 9.59 Å². The first-order valence-corrected chi connectivity index (χ1v) is 10.2.